The van der Waals surface area contributed by atoms with E-state index in [4.69, 9.17) is 20.0 Å². The zero-order valence-corrected chi connectivity index (χ0v) is 72.5. The van der Waals surface area contributed by atoms with E-state index in [0.717, 1.165) is 72.4 Å². The maximum atomic E-state index is 13.4. The van der Waals surface area contributed by atoms with Crippen LogP contribution in [0, 0.1) is 11.8 Å². The van der Waals surface area contributed by atoms with Crippen molar-refractivity contribution >= 4 is 153 Å². The number of carboxylic acids is 3. The second-order valence-corrected chi connectivity index (χ2v) is 44.2. The summed E-state index contributed by atoms with van der Waals surface area (Å²) in [5.41, 5.74) is 15.6. The number of fused-ring (bicyclic) bond motifs is 3. The molecule has 5 heterocycles. The normalized spacial score (nSPS) is 14.3. The molecule has 4 amide bonds. The van der Waals surface area contributed by atoms with Gasteiger partial charge in [0.25, 0.3) is 11.5 Å². The van der Waals surface area contributed by atoms with Gasteiger partial charge in [0.05, 0.1) is 69.6 Å². The van der Waals surface area contributed by atoms with Gasteiger partial charge < -0.3 is 60.7 Å². The Morgan fingerprint density at radius 3 is 2.10 bits per heavy atom. The lowest BCUT2D eigenvalue weighted by atomic mass is 9.93. The predicted octanol–water partition coefficient (Wildman–Crippen LogP) is 6.95. The molecule has 40 heteroatoms. The van der Waals surface area contributed by atoms with Gasteiger partial charge in [0.2, 0.25) is 29.0 Å². The standard InChI is InChI=1S/C49H66N12O14S2Si2.C29H34N2O6S2/c1-6-27-21-54-49(55-22-27)77-26-79(4,5)75-78(2,3)15-7-14-61-38(64)19-37(45(61)70)76-25-30(46(71)72)17-36(63)35(20-50)58-43(68)29(18-39(65)66)16-33(62)12-13-34(47(73)74)57-42(67)28-8-10-31(11-9-28)52-23-32-24-53-41-40(56-32)44(69)60-48(51)59-41;1-6-30(7-2)20-11-14-23-26(17-20)37-27-18-21(31(8-3)9-4)12-15-24(27)29(23)25-16-13-22(38(32,33)10-5)19-28(25)39(34,35)36/h8-11,21-22,24,29-30,34-35,37,52H,6-7,12-20,23,25-26,50H2,1-5H3,(H,57,67)(H,58,68)(H,65,66)(H,71,72)(H,73,74)(H3,51,53,59,60,69);11-19H,6-10H2,1-5H3/t29-,30-,34-,35-,37?;/m0./s1. The van der Waals surface area contributed by atoms with Gasteiger partial charge in [-0.2, -0.15) is 4.98 Å². The topological polar surface area (TPSA) is 523 Å². The Labute approximate surface area is 692 Å². The summed E-state index contributed by atoms with van der Waals surface area (Å²) in [5, 5.41) is 39.4. The van der Waals surface area contributed by atoms with Crippen LogP contribution in [0.2, 0.25) is 32.2 Å². The number of amides is 4. The largest absolute Gasteiger partial charge is 0.744 e. The molecule has 3 aliphatic rings. The van der Waals surface area contributed by atoms with Crippen LogP contribution in [0.4, 0.5) is 17.3 Å². The molecule has 11 N–H and O–H groups in total. The van der Waals surface area contributed by atoms with Crippen LogP contribution >= 0.6 is 23.5 Å². The Balaban J connectivity index is 0.000000369. The lowest BCUT2D eigenvalue weighted by Crippen LogP contribution is -2.49. The quantitative estimate of drug-likeness (QED) is 0.00355. The third kappa shape index (κ3) is 25.2. The van der Waals surface area contributed by atoms with E-state index in [9.17, 15) is 84.7 Å². The van der Waals surface area contributed by atoms with Gasteiger partial charge in [-0.3, -0.25) is 53.0 Å². The number of nitrogen functional groups attached to an aromatic ring is 1. The van der Waals surface area contributed by atoms with E-state index in [1.165, 1.54) is 54.4 Å². The van der Waals surface area contributed by atoms with Crippen LogP contribution in [0.5, 0.6) is 0 Å². The number of H-pyrrole nitrogens is 1. The average molecular weight is 1740 g/mol. The number of nitrogens with one attached hydrogen (secondary N) is 4. The third-order valence-corrected chi connectivity index (χ3v) is 33.4. The molecule has 34 nitrogen and oxygen atoms in total. The Hall–Kier alpha value is -10.2. The van der Waals surface area contributed by atoms with Crippen molar-refractivity contribution in [3.8, 4) is 22.5 Å². The van der Waals surface area contributed by atoms with Crippen LogP contribution in [-0.4, -0.2) is 215 Å². The minimum Gasteiger partial charge on any atom is -0.744 e. The first-order valence-electron chi connectivity index (χ1n) is 38.4. The predicted molar refractivity (Wildman–Crippen MR) is 450 cm³/mol. The van der Waals surface area contributed by atoms with Crippen molar-refractivity contribution in [3.63, 3.8) is 0 Å². The number of sulfone groups is 1. The van der Waals surface area contributed by atoms with Gasteiger partial charge >= 0.3 is 17.9 Å². The van der Waals surface area contributed by atoms with Crippen LogP contribution < -0.4 is 47.8 Å². The molecule has 1 fully saturated rings. The van der Waals surface area contributed by atoms with Crippen molar-refractivity contribution < 1.29 is 88.4 Å². The number of imide groups is 1. The number of aromatic amines is 1. The number of hydrogen-bond acceptors (Lipinski definition) is 28. The minimum atomic E-state index is -5.03. The second-order valence-electron chi connectivity index (χ2n) is 29.2. The summed E-state index contributed by atoms with van der Waals surface area (Å²) < 4.78 is 78.0. The Bertz CT molecular complexity index is 5380. The molecule has 1 saturated heterocycles. The fourth-order valence-electron chi connectivity index (χ4n) is 13.4. The first kappa shape index (κ1) is 93.3. The van der Waals surface area contributed by atoms with E-state index < -0.39 is 168 Å². The highest BCUT2D eigenvalue weighted by atomic mass is 32.2. The first-order chi connectivity index (χ1) is 55.7. The zero-order valence-electron chi connectivity index (χ0n) is 67.2. The maximum Gasteiger partial charge on any atom is 0.326 e. The molecule has 1 aliphatic carbocycles. The number of nitrogens with zero attached hydrogens (tertiary/aromatic N) is 8. The maximum absolute atomic E-state index is 13.4. The van der Waals surface area contributed by atoms with Crippen LogP contribution in [0.1, 0.15) is 108 Å². The highest BCUT2D eigenvalue weighted by Crippen LogP contribution is 2.44. The molecule has 118 heavy (non-hydrogen) atoms. The summed E-state index contributed by atoms with van der Waals surface area (Å²) in [6, 6.07) is 18.7. The summed E-state index contributed by atoms with van der Waals surface area (Å²) in [6.07, 6.45) is 3.12. The van der Waals surface area contributed by atoms with Gasteiger partial charge in [-0.15, -0.1) is 11.8 Å². The molecule has 6 aromatic rings. The molecule has 5 atom stereocenters. The number of likely N-dealkylation sites (tertiary alicyclic amines) is 1. The summed E-state index contributed by atoms with van der Waals surface area (Å²) in [6.45, 7) is 23.2. The summed E-state index contributed by atoms with van der Waals surface area (Å²) in [4.78, 5) is 154. The molecule has 0 radical (unpaired) electrons. The first-order valence-corrected chi connectivity index (χ1v) is 49.7. The number of aliphatic carboxylic acids is 3. The molecule has 2 aliphatic heterocycles. The summed E-state index contributed by atoms with van der Waals surface area (Å²) >= 11 is 2.49. The second kappa shape index (κ2) is 41.5. The number of carbonyl (C=O) groups is 9. The third-order valence-electron chi connectivity index (χ3n) is 19.7. The van der Waals surface area contributed by atoms with Crippen LogP contribution in [0.15, 0.2) is 122 Å². The SMILES string of the molecule is CCN(CC)c1ccc2c(-c3ccc(S(=O)(=O)CC)cc3S(=O)(=O)[O-])c3ccc(=[N+](CC)CC)cc-3oc2c1.CCc1cnc(SC[Si](C)(C)O[Si](C)(C)CCCN2C(=O)CC(SC[C@H](CC(=O)[C@H](CN)NC(=O)[C@H](CC(=O)O)CC(=O)CC[C@H](NC(=O)c3ccc(NCc4cnc5nc(N)[nH]c(=O)c5n4)cc3)C(=O)O)C(=O)O)C2=O)nc1. The van der Waals surface area contributed by atoms with E-state index in [2.05, 4.69) is 109 Å². The van der Waals surface area contributed by atoms with E-state index >= 15 is 0 Å². The number of aryl methyl sites for hydroxylation is 1. The zero-order chi connectivity index (χ0) is 86.7. The van der Waals surface area contributed by atoms with Gasteiger partial charge in [0.15, 0.2) is 48.6 Å². The van der Waals surface area contributed by atoms with Crippen molar-refractivity contribution in [2.75, 3.05) is 72.1 Å². The highest BCUT2D eigenvalue weighted by molar-refractivity contribution is 8.01. The molecule has 0 saturated carbocycles. The molecular formula is C78H100N14O20S4Si2. The number of nitrogens with two attached hydrogens (primary N) is 2. The van der Waals surface area contributed by atoms with Crippen LogP contribution in [0.25, 0.3) is 44.6 Å². The number of aromatic nitrogens is 6. The van der Waals surface area contributed by atoms with E-state index in [0.29, 0.717) is 56.9 Å². The number of anilines is 3. The van der Waals surface area contributed by atoms with E-state index in [1.807, 2.05) is 55.7 Å². The molecule has 9 rings (SSSR count). The van der Waals surface area contributed by atoms with Gasteiger partial charge in [-0.05, 0) is 139 Å². The van der Waals surface area contributed by atoms with Crippen LogP contribution in [0.3, 0.4) is 0 Å². The van der Waals surface area contributed by atoms with Crippen molar-refractivity contribution in [1.29, 1.82) is 0 Å². The Morgan fingerprint density at radius 2 is 1.48 bits per heavy atom. The van der Waals surface area contributed by atoms with Crippen LogP contribution in [-0.2, 0) is 75.4 Å². The number of Topliss-reactive ketones (excluding diaryl/α,β-unsaturated/α-hetero) is 2. The number of ketones is 2. The van der Waals surface area contributed by atoms with Gasteiger partial charge in [-0.25, -0.2) is 46.1 Å². The number of rotatable bonds is 42. The molecular weight excluding hydrogens is 1640 g/mol. The molecule has 0 bridgehead atoms. The lowest BCUT2D eigenvalue weighted by molar-refractivity contribution is -0.144. The smallest absolute Gasteiger partial charge is 0.326 e. The highest BCUT2D eigenvalue weighted by Gasteiger charge is 2.41. The number of carbonyl (C=O) groups excluding carboxylic acids is 6. The fraction of sp³-hybridized carbons (Fsp3) is 0.436. The number of benzene rings is 4. The fourth-order valence-corrected chi connectivity index (χ4v) is 26.7. The van der Waals surface area contributed by atoms with Crippen molar-refractivity contribution in [2.24, 2.45) is 17.6 Å². The van der Waals surface area contributed by atoms with Crippen molar-refractivity contribution in [3.05, 3.63) is 130 Å². The molecule has 3 aromatic carbocycles. The average Bonchev–Trinajstić information content (AvgIpc) is 0.861. The van der Waals surface area contributed by atoms with E-state index in [1.54, 1.807) is 11.8 Å². The monoisotopic (exact) mass is 1740 g/mol. The minimum absolute atomic E-state index is 0.00996. The Morgan fingerprint density at radius 1 is 0.797 bits per heavy atom. The van der Waals surface area contributed by atoms with Crippen molar-refractivity contribution in [2.45, 2.75) is 164 Å². The molecule has 3 aromatic heterocycles. The van der Waals surface area contributed by atoms with Crippen molar-refractivity contribution in [1.82, 2.24) is 50.0 Å². The van der Waals surface area contributed by atoms with Gasteiger partial charge in [0, 0.05) is 127 Å². The van der Waals surface area contributed by atoms with Gasteiger partial charge in [-0.1, -0.05) is 31.7 Å². The number of thioether (sulfide) groups is 2. The summed E-state index contributed by atoms with van der Waals surface area (Å²) in [5.74, 6) is -11.5. The Kier molecular flexibility index (Phi) is 32.8. The van der Waals surface area contributed by atoms with E-state index in [-0.39, 0.29) is 64.2 Å². The molecule has 1 unspecified atom stereocenters. The lowest BCUT2D eigenvalue weighted by Gasteiger charge is -2.34. The number of hydrogen-bond donors (Lipinski definition) is 9. The molecule has 0 spiro atoms. The number of carboxylic acid groups (broad SMARTS) is 3. The summed E-state index contributed by atoms with van der Waals surface area (Å²) in [7, 11) is -13.1. The van der Waals surface area contributed by atoms with Gasteiger partial charge in [0.1, 0.15) is 46.4 Å². The molecule has 634 valence electrons.